The van der Waals surface area contributed by atoms with E-state index in [0.717, 1.165) is 25.2 Å². The molecule has 1 amide bonds. The number of aliphatic hydroxyl groups is 1. The van der Waals surface area contributed by atoms with Crippen LogP contribution in [-0.2, 0) is 13.2 Å². The Bertz CT molecular complexity index is 726. The van der Waals surface area contributed by atoms with Crippen LogP contribution in [0.2, 0.25) is 0 Å². The predicted molar refractivity (Wildman–Crippen MR) is 90.6 cm³/mol. The number of aliphatic hydroxyl groups excluding tert-OH is 1. The van der Waals surface area contributed by atoms with Gasteiger partial charge in [-0.25, -0.2) is 0 Å². The second-order valence-electron chi connectivity index (χ2n) is 5.98. The van der Waals surface area contributed by atoms with Crippen molar-refractivity contribution in [2.24, 2.45) is 0 Å². The monoisotopic (exact) mass is 327 g/mol. The molecule has 126 valence electrons. The first-order valence-electron chi connectivity index (χ1n) is 8.05. The van der Waals surface area contributed by atoms with Gasteiger partial charge in [-0.3, -0.25) is 14.5 Å². The molecular weight excluding hydrogens is 306 g/mol. The summed E-state index contributed by atoms with van der Waals surface area (Å²) in [5, 5.41) is 9.07. The van der Waals surface area contributed by atoms with Crippen LogP contribution < -0.4 is 5.56 Å². The molecule has 1 aliphatic rings. The molecule has 6 nitrogen and oxygen atoms in total. The zero-order valence-electron chi connectivity index (χ0n) is 13.4. The number of carbonyl (C=O) groups is 1. The van der Waals surface area contributed by atoms with Gasteiger partial charge < -0.3 is 15.0 Å². The van der Waals surface area contributed by atoms with Crippen molar-refractivity contribution in [3.8, 4) is 0 Å². The SMILES string of the molecule is O=C(c1ccc(=O)[nH]c1)N1CCN(Cc2ccc(CO)cc2)CC1. The van der Waals surface area contributed by atoms with E-state index in [-0.39, 0.29) is 18.1 Å². The summed E-state index contributed by atoms with van der Waals surface area (Å²) >= 11 is 0. The average molecular weight is 327 g/mol. The number of H-pyrrole nitrogens is 1. The Hall–Kier alpha value is -2.44. The molecule has 0 saturated carbocycles. The van der Waals surface area contributed by atoms with Crippen molar-refractivity contribution in [2.45, 2.75) is 13.2 Å². The van der Waals surface area contributed by atoms with Crippen molar-refractivity contribution in [1.82, 2.24) is 14.8 Å². The van der Waals surface area contributed by atoms with E-state index in [1.54, 1.807) is 6.07 Å². The fraction of sp³-hybridized carbons (Fsp3) is 0.333. The lowest BCUT2D eigenvalue weighted by atomic mass is 10.1. The minimum atomic E-state index is -0.205. The van der Waals surface area contributed by atoms with Crippen LogP contribution in [0.15, 0.2) is 47.4 Å². The van der Waals surface area contributed by atoms with Gasteiger partial charge in [0.25, 0.3) is 5.91 Å². The van der Waals surface area contributed by atoms with Gasteiger partial charge in [-0.05, 0) is 17.2 Å². The molecule has 2 heterocycles. The smallest absolute Gasteiger partial charge is 0.255 e. The van der Waals surface area contributed by atoms with Gasteiger partial charge in [-0.1, -0.05) is 24.3 Å². The highest BCUT2D eigenvalue weighted by atomic mass is 16.3. The predicted octanol–water partition coefficient (Wildman–Crippen LogP) is 0.825. The summed E-state index contributed by atoms with van der Waals surface area (Å²) < 4.78 is 0. The number of hydrogen-bond donors (Lipinski definition) is 2. The van der Waals surface area contributed by atoms with Gasteiger partial charge in [0.15, 0.2) is 0 Å². The summed E-state index contributed by atoms with van der Waals surface area (Å²) in [6.07, 6.45) is 1.47. The third-order valence-corrected chi connectivity index (χ3v) is 4.30. The van der Waals surface area contributed by atoms with Gasteiger partial charge in [0, 0.05) is 45.0 Å². The summed E-state index contributed by atoms with van der Waals surface area (Å²) in [5.74, 6) is -0.0433. The van der Waals surface area contributed by atoms with Gasteiger partial charge >= 0.3 is 0 Å². The zero-order chi connectivity index (χ0) is 16.9. The molecule has 1 saturated heterocycles. The number of nitrogens with one attached hydrogen (secondary N) is 1. The van der Waals surface area contributed by atoms with Crippen molar-refractivity contribution in [3.63, 3.8) is 0 Å². The molecule has 6 heteroatoms. The molecule has 0 atom stereocenters. The molecule has 0 unspecified atom stereocenters. The summed E-state index contributed by atoms with van der Waals surface area (Å²) in [5.41, 5.74) is 2.42. The molecule has 1 fully saturated rings. The number of piperazine rings is 1. The summed E-state index contributed by atoms with van der Waals surface area (Å²) in [4.78, 5) is 30.2. The van der Waals surface area contributed by atoms with Crippen LogP contribution in [0, 0.1) is 0 Å². The molecule has 2 N–H and O–H groups in total. The number of hydrogen-bond acceptors (Lipinski definition) is 4. The van der Waals surface area contributed by atoms with Crippen molar-refractivity contribution < 1.29 is 9.90 Å². The van der Waals surface area contributed by atoms with E-state index in [9.17, 15) is 9.59 Å². The van der Waals surface area contributed by atoms with E-state index in [1.807, 2.05) is 29.2 Å². The number of aromatic amines is 1. The van der Waals surface area contributed by atoms with Gasteiger partial charge in [-0.2, -0.15) is 0 Å². The minimum absolute atomic E-state index is 0.0433. The Morgan fingerprint density at radius 1 is 1.00 bits per heavy atom. The van der Waals surface area contributed by atoms with Crippen molar-refractivity contribution in [3.05, 3.63) is 69.6 Å². The highest BCUT2D eigenvalue weighted by molar-refractivity contribution is 5.93. The quantitative estimate of drug-likeness (QED) is 0.872. The van der Waals surface area contributed by atoms with Crippen molar-refractivity contribution in [1.29, 1.82) is 0 Å². The van der Waals surface area contributed by atoms with E-state index in [4.69, 9.17) is 5.11 Å². The molecule has 2 aromatic rings. The number of carbonyl (C=O) groups excluding carboxylic acids is 1. The molecular formula is C18H21N3O3. The summed E-state index contributed by atoms with van der Waals surface area (Å²) in [6, 6.07) is 10.9. The molecule has 0 radical (unpaired) electrons. The Morgan fingerprint density at radius 2 is 1.67 bits per heavy atom. The number of nitrogens with zero attached hydrogens (tertiary/aromatic N) is 2. The van der Waals surface area contributed by atoms with Crippen LogP contribution in [0.1, 0.15) is 21.5 Å². The fourth-order valence-electron chi connectivity index (χ4n) is 2.84. The molecule has 0 aliphatic carbocycles. The Kier molecular flexibility index (Phi) is 5.08. The number of rotatable bonds is 4. The lowest BCUT2D eigenvalue weighted by molar-refractivity contribution is 0.0628. The first kappa shape index (κ1) is 16.4. The lowest BCUT2D eigenvalue weighted by Gasteiger charge is -2.34. The first-order valence-corrected chi connectivity index (χ1v) is 8.05. The molecule has 0 bridgehead atoms. The maximum Gasteiger partial charge on any atom is 0.255 e. The lowest BCUT2D eigenvalue weighted by Crippen LogP contribution is -2.48. The third kappa shape index (κ3) is 3.90. The van der Waals surface area contributed by atoms with Crippen LogP contribution in [0.4, 0.5) is 0 Å². The second-order valence-corrected chi connectivity index (χ2v) is 5.98. The zero-order valence-corrected chi connectivity index (χ0v) is 13.4. The topological polar surface area (TPSA) is 76.6 Å². The van der Waals surface area contributed by atoms with E-state index in [2.05, 4.69) is 9.88 Å². The van der Waals surface area contributed by atoms with Gasteiger partial charge in [0.1, 0.15) is 0 Å². The van der Waals surface area contributed by atoms with Gasteiger partial charge in [0.05, 0.1) is 12.2 Å². The van der Waals surface area contributed by atoms with E-state index in [1.165, 1.54) is 17.8 Å². The standard InChI is InChI=1S/C18H21N3O3/c22-13-15-3-1-14(2-4-15)12-20-7-9-21(10-8-20)18(24)16-5-6-17(23)19-11-16/h1-6,11,22H,7-10,12-13H2,(H,19,23). The van der Waals surface area contributed by atoms with Gasteiger partial charge in [-0.15, -0.1) is 0 Å². The van der Waals surface area contributed by atoms with Crippen molar-refractivity contribution >= 4 is 5.91 Å². The third-order valence-electron chi connectivity index (χ3n) is 4.30. The molecule has 3 rings (SSSR count). The average Bonchev–Trinajstić information content (AvgIpc) is 2.63. The molecule has 1 aromatic heterocycles. The number of pyridine rings is 1. The highest BCUT2D eigenvalue weighted by Gasteiger charge is 2.22. The van der Waals surface area contributed by atoms with Crippen molar-refractivity contribution in [2.75, 3.05) is 26.2 Å². The summed E-state index contributed by atoms with van der Waals surface area (Å²) in [7, 11) is 0. The Balaban J connectivity index is 1.54. The van der Waals surface area contributed by atoms with Crippen LogP contribution in [0.25, 0.3) is 0 Å². The van der Waals surface area contributed by atoms with Crippen LogP contribution in [0.5, 0.6) is 0 Å². The number of amides is 1. The molecule has 1 aliphatic heterocycles. The largest absolute Gasteiger partial charge is 0.392 e. The van der Waals surface area contributed by atoms with Crippen LogP contribution >= 0.6 is 0 Å². The van der Waals surface area contributed by atoms with Crippen LogP contribution in [0.3, 0.4) is 0 Å². The number of aromatic nitrogens is 1. The normalized spacial score (nSPS) is 15.5. The van der Waals surface area contributed by atoms with E-state index < -0.39 is 0 Å². The first-order chi connectivity index (χ1) is 11.7. The highest BCUT2D eigenvalue weighted by Crippen LogP contribution is 2.12. The maximum absolute atomic E-state index is 12.4. The molecule has 0 spiro atoms. The van der Waals surface area contributed by atoms with E-state index in [0.29, 0.717) is 18.7 Å². The molecule has 1 aromatic carbocycles. The summed E-state index contributed by atoms with van der Waals surface area (Å²) in [6.45, 7) is 3.88. The second kappa shape index (κ2) is 7.42. The van der Waals surface area contributed by atoms with Gasteiger partial charge in [0.2, 0.25) is 5.56 Å². The van der Waals surface area contributed by atoms with Crippen LogP contribution in [-0.4, -0.2) is 52.0 Å². The minimum Gasteiger partial charge on any atom is -0.392 e. The number of benzene rings is 1. The maximum atomic E-state index is 12.4. The Morgan fingerprint density at radius 3 is 2.25 bits per heavy atom. The molecule has 24 heavy (non-hydrogen) atoms. The fourth-order valence-corrected chi connectivity index (χ4v) is 2.84. The van der Waals surface area contributed by atoms with E-state index >= 15 is 0 Å². The Labute approximate surface area is 140 Å².